The average molecular weight is 314 g/mol. The fourth-order valence-electron chi connectivity index (χ4n) is 1.85. The molecule has 122 valence electrons. The van der Waals surface area contributed by atoms with Gasteiger partial charge in [-0.15, -0.1) is 0 Å². The van der Waals surface area contributed by atoms with Crippen molar-refractivity contribution in [1.82, 2.24) is 0 Å². The molecule has 0 atom stereocenters. The van der Waals surface area contributed by atoms with Gasteiger partial charge in [-0.1, -0.05) is 42.5 Å². The summed E-state index contributed by atoms with van der Waals surface area (Å²) in [5, 5.41) is 29.2. The number of aryl methyl sites for hydroxylation is 2. The molecule has 2 rings (SSSR count). The molecule has 0 fully saturated rings. The second-order valence-electron chi connectivity index (χ2n) is 4.90. The van der Waals surface area contributed by atoms with Gasteiger partial charge in [0, 0.05) is 11.9 Å². The van der Waals surface area contributed by atoms with Crippen molar-refractivity contribution in [2.75, 3.05) is 0 Å². The van der Waals surface area contributed by atoms with Gasteiger partial charge in [0.1, 0.15) is 5.75 Å². The smallest absolute Gasteiger partial charge is 0.115 e. The highest BCUT2D eigenvalue weighted by atomic mass is 16.4. The normalized spacial score (nSPS) is 9.57. The average Bonchev–Trinajstić information content (AvgIpc) is 2.53. The van der Waals surface area contributed by atoms with Crippen molar-refractivity contribution >= 4 is 11.9 Å². The van der Waals surface area contributed by atoms with Crippen molar-refractivity contribution in [3.05, 3.63) is 65.7 Å². The second-order valence-corrected chi connectivity index (χ2v) is 4.90. The van der Waals surface area contributed by atoms with Crippen LogP contribution < -0.4 is 10.2 Å². The zero-order valence-corrected chi connectivity index (χ0v) is 12.6. The lowest BCUT2D eigenvalue weighted by atomic mass is 10.1. The maximum absolute atomic E-state index is 10.1. The highest BCUT2D eigenvalue weighted by Crippen LogP contribution is 2.11. The third-order valence-corrected chi connectivity index (χ3v) is 2.99. The van der Waals surface area contributed by atoms with Crippen molar-refractivity contribution in [3.63, 3.8) is 0 Å². The number of phenols is 1. The molecule has 23 heavy (non-hydrogen) atoms. The summed E-state index contributed by atoms with van der Waals surface area (Å²) in [6.07, 6.45) is 1.05. The van der Waals surface area contributed by atoms with Gasteiger partial charge in [-0.2, -0.15) is 0 Å². The molecule has 0 saturated carbocycles. The maximum atomic E-state index is 10.1. The van der Waals surface area contributed by atoms with E-state index in [1.54, 1.807) is 24.3 Å². The predicted octanol–water partition coefficient (Wildman–Crippen LogP) is 0.444. The Morgan fingerprint density at radius 2 is 1.30 bits per heavy atom. The van der Waals surface area contributed by atoms with Gasteiger partial charge < -0.3 is 24.9 Å². The van der Waals surface area contributed by atoms with Gasteiger partial charge in [0.2, 0.25) is 0 Å². The summed E-state index contributed by atoms with van der Waals surface area (Å²) in [6.45, 7) is 0. The van der Waals surface area contributed by atoms with Crippen LogP contribution >= 0.6 is 0 Å². The van der Waals surface area contributed by atoms with Crippen molar-refractivity contribution in [2.24, 2.45) is 0 Å². The number of benzene rings is 2. The number of aromatic hydroxyl groups is 1. The summed E-state index contributed by atoms with van der Waals surface area (Å²) in [5.74, 6) is -1.90. The van der Waals surface area contributed by atoms with Crippen LogP contribution in [0.25, 0.3) is 0 Å². The lowest BCUT2D eigenvalue weighted by Gasteiger charge is -2.02. The molecule has 0 unspecified atom stereocenters. The molecular formula is C18H18O5-2. The Hall–Kier alpha value is -2.82. The van der Waals surface area contributed by atoms with Gasteiger partial charge in [0.25, 0.3) is 0 Å². The van der Waals surface area contributed by atoms with Gasteiger partial charge >= 0.3 is 0 Å². The number of aliphatic carboxylic acids is 2. The van der Waals surface area contributed by atoms with Crippen molar-refractivity contribution in [1.29, 1.82) is 0 Å². The summed E-state index contributed by atoms with van der Waals surface area (Å²) in [6, 6.07) is 16.0. The standard InChI is InChI=1S/C9H10O3.C9H10O2/c10-8-3-1-2-7(6-8)4-5-9(11)12;10-9(11)7-6-8-4-2-1-3-5-8/h1-3,6,10H,4-5H2,(H,11,12);1-5H,6-7H2,(H,10,11)/p-2. The van der Waals surface area contributed by atoms with Crippen LogP contribution in [0, 0.1) is 0 Å². The number of carbonyl (C=O) groups excluding carboxylic acids is 2. The van der Waals surface area contributed by atoms with Crippen LogP contribution in [0.3, 0.4) is 0 Å². The molecule has 5 nitrogen and oxygen atoms in total. The SMILES string of the molecule is O=C([O-])CCc1cccc(O)c1.O=C([O-])CCc1ccccc1. The Balaban J connectivity index is 0.000000231. The quantitative estimate of drug-likeness (QED) is 0.834. The van der Waals surface area contributed by atoms with E-state index in [1.807, 2.05) is 30.3 Å². The van der Waals surface area contributed by atoms with E-state index in [0.29, 0.717) is 12.8 Å². The highest BCUT2D eigenvalue weighted by Gasteiger charge is 1.94. The van der Waals surface area contributed by atoms with Gasteiger partial charge in [-0.3, -0.25) is 0 Å². The molecule has 0 heterocycles. The molecule has 0 bridgehead atoms. The lowest BCUT2D eigenvalue weighted by Crippen LogP contribution is -2.22. The van der Waals surface area contributed by atoms with E-state index in [1.165, 1.54) is 0 Å². The molecule has 1 N–H and O–H groups in total. The Labute approximate surface area is 134 Å². The molecule has 0 aliphatic rings. The molecule has 0 spiro atoms. The van der Waals surface area contributed by atoms with Crippen LogP contribution in [0.5, 0.6) is 5.75 Å². The largest absolute Gasteiger partial charge is 0.550 e. The number of carboxylic acids is 2. The molecule has 0 saturated heterocycles. The zero-order chi connectivity index (χ0) is 17.1. The van der Waals surface area contributed by atoms with Crippen molar-refractivity contribution in [3.8, 4) is 5.75 Å². The first-order valence-corrected chi connectivity index (χ1v) is 7.19. The van der Waals surface area contributed by atoms with Gasteiger partial charge in [-0.05, 0) is 48.9 Å². The minimum Gasteiger partial charge on any atom is -0.550 e. The summed E-state index contributed by atoms with van der Waals surface area (Å²) < 4.78 is 0. The summed E-state index contributed by atoms with van der Waals surface area (Å²) in [5.41, 5.74) is 1.84. The molecule has 2 aromatic carbocycles. The van der Waals surface area contributed by atoms with Crippen molar-refractivity contribution < 1.29 is 24.9 Å². The Morgan fingerprint density at radius 3 is 1.83 bits per heavy atom. The highest BCUT2D eigenvalue weighted by molar-refractivity contribution is 5.64. The van der Waals surface area contributed by atoms with Crippen LogP contribution in [0.1, 0.15) is 24.0 Å². The predicted molar refractivity (Wildman–Crippen MR) is 81.2 cm³/mol. The van der Waals surface area contributed by atoms with Crippen molar-refractivity contribution in [2.45, 2.75) is 25.7 Å². The van der Waals surface area contributed by atoms with Crippen LogP contribution in [0.4, 0.5) is 0 Å². The number of phenolic OH excluding ortho intramolecular Hbond substituents is 1. The number of carboxylic acid groups (broad SMARTS) is 2. The lowest BCUT2D eigenvalue weighted by molar-refractivity contribution is -0.307. The van der Waals surface area contributed by atoms with E-state index in [4.69, 9.17) is 5.11 Å². The molecule has 5 heteroatoms. The van der Waals surface area contributed by atoms with Crippen LogP contribution in [-0.2, 0) is 22.4 Å². The number of hydrogen-bond acceptors (Lipinski definition) is 5. The van der Waals surface area contributed by atoms with Gasteiger partial charge in [-0.25, -0.2) is 0 Å². The molecule has 2 aromatic rings. The third kappa shape index (κ3) is 8.93. The van der Waals surface area contributed by atoms with E-state index in [9.17, 15) is 19.8 Å². The molecule has 0 aromatic heterocycles. The van der Waals surface area contributed by atoms with Crippen LogP contribution in [0.2, 0.25) is 0 Å². The number of rotatable bonds is 6. The summed E-state index contributed by atoms with van der Waals surface area (Å²) in [7, 11) is 0. The van der Waals surface area contributed by atoms with E-state index in [-0.39, 0.29) is 18.6 Å². The molecule has 0 amide bonds. The van der Waals surface area contributed by atoms with E-state index in [2.05, 4.69) is 0 Å². The van der Waals surface area contributed by atoms with Gasteiger partial charge in [0.05, 0.1) is 0 Å². The first-order chi connectivity index (χ1) is 11.0. The minimum atomic E-state index is -1.07. The Morgan fingerprint density at radius 1 is 0.783 bits per heavy atom. The van der Waals surface area contributed by atoms with Gasteiger partial charge in [0.15, 0.2) is 0 Å². The summed E-state index contributed by atoms with van der Waals surface area (Å²) in [4.78, 5) is 20.1. The first kappa shape index (κ1) is 18.2. The molecule has 0 aliphatic carbocycles. The monoisotopic (exact) mass is 314 g/mol. The fourth-order valence-corrected chi connectivity index (χ4v) is 1.85. The van der Waals surface area contributed by atoms with E-state index in [0.717, 1.165) is 11.1 Å². The van der Waals surface area contributed by atoms with Crippen LogP contribution in [-0.4, -0.2) is 17.0 Å². The van der Waals surface area contributed by atoms with Crippen LogP contribution in [0.15, 0.2) is 54.6 Å². The number of hydrogen-bond donors (Lipinski definition) is 1. The zero-order valence-electron chi connectivity index (χ0n) is 12.6. The fraction of sp³-hybridized carbons (Fsp3) is 0.222. The molecule has 0 radical (unpaired) electrons. The molecule has 0 aliphatic heterocycles. The topological polar surface area (TPSA) is 100 Å². The molecular weight excluding hydrogens is 296 g/mol. The summed E-state index contributed by atoms with van der Waals surface area (Å²) >= 11 is 0. The van der Waals surface area contributed by atoms with E-state index >= 15 is 0 Å². The first-order valence-electron chi connectivity index (χ1n) is 7.19. The Kier molecular flexibility index (Phi) is 7.92. The number of carbonyl (C=O) groups is 2. The van der Waals surface area contributed by atoms with E-state index < -0.39 is 11.9 Å². The Bertz CT molecular complexity index is 622. The minimum absolute atomic E-state index is 0.0105. The second kappa shape index (κ2) is 10.00. The maximum Gasteiger partial charge on any atom is 0.115 e. The third-order valence-electron chi connectivity index (χ3n) is 2.99.